The maximum absolute atomic E-state index is 12.7. The molecule has 0 atom stereocenters. The van der Waals surface area contributed by atoms with Crippen molar-refractivity contribution in [3.05, 3.63) is 53.6 Å². The molecule has 0 saturated heterocycles. The summed E-state index contributed by atoms with van der Waals surface area (Å²) < 4.78 is 11.2. The van der Waals surface area contributed by atoms with E-state index in [0.29, 0.717) is 56.1 Å². The fourth-order valence-corrected chi connectivity index (χ4v) is 4.83. The van der Waals surface area contributed by atoms with Crippen molar-refractivity contribution in [3.8, 4) is 5.75 Å². The van der Waals surface area contributed by atoms with Crippen LogP contribution in [0.3, 0.4) is 0 Å². The van der Waals surface area contributed by atoms with Crippen molar-refractivity contribution in [1.82, 2.24) is 4.90 Å². The van der Waals surface area contributed by atoms with Gasteiger partial charge < -0.3 is 30.1 Å². The second-order valence-corrected chi connectivity index (χ2v) is 9.32. The van der Waals surface area contributed by atoms with Gasteiger partial charge in [-0.2, -0.15) is 0 Å². The topological polar surface area (TPSA) is 117 Å². The molecule has 3 amide bonds. The highest BCUT2D eigenvalue weighted by atomic mass is 16.6. The minimum Gasteiger partial charge on any atom is -0.494 e. The van der Waals surface area contributed by atoms with Crippen molar-refractivity contribution in [3.63, 3.8) is 0 Å². The number of nitrogens with zero attached hydrogens (tertiary/aromatic N) is 1. The van der Waals surface area contributed by atoms with Crippen LogP contribution in [-0.4, -0.2) is 47.4 Å². The normalized spacial score (nSPS) is 19.1. The lowest BCUT2D eigenvalue weighted by Gasteiger charge is -2.32. The van der Waals surface area contributed by atoms with Gasteiger partial charge in [0.2, 0.25) is 0 Å². The molecule has 0 radical (unpaired) electrons. The van der Waals surface area contributed by atoms with E-state index in [1.165, 1.54) is 0 Å². The van der Waals surface area contributed by atoms with Gasteiger partial charge in [0, 0.05) is 37.0 Å². The van der Waals surface area contributed by atoms with E-state index in [1.807, 2.05) is 37.3 Å². The lowest BCUT2D eigenvalue weighted by Crippen LogP contribution is -2.39. The Hall–Kier alpha value is -3.75. The van der Waals surface area contributed by atoms with Gasteiger partial charge in [-0.1, -0.05) is 12.1 Å². The molecule has 2 aliphatic rings. The van der Waals surface area contributed by atoms with Gasteiger partial charge in [-0.25, -0.2) is 9.59 Å². The van der Waals surface area contributed by atoms with Crippen LogP contribution in [0.1, 0.15) is 50.2 Å². The quantitative estimate of drug-likeness (QED) is 0.483. The van der Waals surface area contributed by atoms with E-state index in [2.05, 4.69) is 10.6 Å². The number of hydrogen-bond donors (Lipinski definition) is 3. The van der Waals surface area contributed by atoms with E-state index in [4.69, 9.17) is 14.6 Å². The fraction of sp³-hybridized carbons (Fsp3) is 0.444. The standard InChI is InChI=1S/C27H33N3O6/c1-2-35-24-5-3-4-21(16-24)28-26(33)29-22-9-8-20-17-30(13-12-19(20)15-22)27(34)36-23-10-6-18(7-11-23)14-25(31)32/h3-5,8-9,15-16,18,23H,2,6-7,10-14,17H2,1H3,(H,31,32)(H2,28,29,33)/t18-,23-. The van der Waals surface area contributed by atoms with Crippen molar-refractivity contribution in [1.29, 1.82) is 0 Å². The summed E-state index contributed by atoms with van der Waals surface area (Å²) in [5.74, 6) is 0.0937. The molecule has 0 unspecified atom stereocenters. The summed E-state index contributed by atoms with van der Waals surface area (Å²) in [5.41, 5.74) is 3.44. The van der Waals surface area contributed by atoms with Gasteiger partial charge in [-0.15, -0.1) is 0 Å². The van der Waals surface area contributed by atoms with Crippen LogP contribution in [-0.2, 0) is 22.5 Å². The van der Waals surface area contributed by atoms with Crippen molar-refractivity contribution < 1.29 is 29.0 Å². The second-order valence-electron chi connectivity index (χ2n) is 9.32. The SMILES string of the molecule is CCOc1cccc(NC(=O)Nc2ccc3c(c2)CCN(C(=O)O[C@H]2CC[C@H](CC(=O)O)CC2)C3)c1. The fourth-order valence-electron chi connectivity index (χ4n) is 4.83. The van der Waals surface area contributed by atoms with Crippen molar-refractivity contribution in [2.24, 2.45) is 5.92 Å². The summed E-state index contributed by atoms with van der Waals surface area (Å²) in [6, 6.07) is 12.6. The Morgan fingerprint density at radius 1 is 1.00 bits per heavy atom. The maximum Gasteiger partial charge on any atom is 0.410 e. The van der Waals surface area contributed by atoms with E-state index in [1.54, 1.807) is 17.0 Å². The molecule has 0 aromatic heterocycles. The van der Waals surface area contributed by atoms with E-state index in [9.17, 15) is 14.4 Å². The molecule has 0 spiro atoms. The van der Waals surface area contributed by atoms with Gasteiger partial charge >= 0.3 is 18.1 Å². The van der Waals surface area contributed by atoms with E-state index in [0.717, 1.165) is 24.0 Å². The second kappa shape index (κ2) is 11.8. The summed E-state index contributed by atoms with van der Waals surface area (Å²) in [4.78, 5) is 37.8. The van der Waals surface area contributed by atoms with Gasteiger partial charge in [0.25, 0.3) is 0 Å². The number of benzene rings is 2. The van der Waals surface area contributed by atoms with Gasteiger partial charge in [-0.05, 0) is 80.3 Å². The Morgan fingerprint density at radius 3 is 2.47 bits per heavy atom. The largest absolute Gasteiger partial charge is 0.494 e. The van der Waals surface area contributed by atoms with Gasteiger partial charge in [0.05, 0.1) is 6.61 Å². The minimum atomic E-state index is -0.770. The van der Waals surface area contributed by atoms with Gasteiger partial charge in [0.1, 0.15) is 11.9 Å². The zero-order chi connectivity index (χ0) is 25.5. The zero-order valence-corrected chi connectivity index (χ0v) is 20.5. The van der Waals surface area contributed by atoms with Crippen molar-refractivity contribution in [2.75, 3.05) is 23.8 Å². The number of amides is 3. The summed E-state index contributed by atoms with van der Waals surface area (Å²) in [6.45, 7) is 3.46. The average Bonchev–Trinajstić information content (AvgIpc) is 2.85. The molecule has 9 heteroatoms. The molecule has 9 nitrogen and oxygen atoms in total. The maximum atomic E-state index is 12.7. The van der Waals surface area contributed by atoms with Gasteiger partial charge in [-0.3, -0.25) is 4.79 Å². The highest BCUT2D eigenvalue weighted by molar-refractivity contribution is 5.99. The first-order chi connectivity index (χ1) is 17.4. The number of rotatable bonds is 7. The highest BCUT2D eigenvalue weighted by Crippen LogP contribution is 2.30. The molecule has 1 fully saturated rings. The third kappa shape index (κ3) is 6.90. The molecule has 3 N–H and O–H groups in total. The molecule has 2 aromatic carbocycles. The number of aliphatic carboxylic acids is 1. The minimum absolute atomic E-state index is 0.150. The summed E-state index contributed by atoms with van der Waals surface area (Å²) in [6.07, 6.45) is 3.35. The zero-order valence-electron chi connectivity index (χ0n) is 20.5. The molecule has 1 heterocycles. The van der Waals surface area contributed by atoms with Crippen LogP contribution in [0.15, 0.2) is 42.5 Å². The molecule has 1 aliphatic carbocycles. The number of fused-ring (bicyclic) bond motifs is 1. The van der Waals surface area contributed by atoms with Crippen LogP contribution in [0.2, 0.25) is 0 Å². The molecule has 2 aromatic rings. The van der Waals surface area contributed by atoms with Crippen LogP contribution in [0.4, 0.5) is 21.0 Å². The number of nitrogens with one attached hydrogen (secondary N) is 2. The van der Waals surface area contributed by atoms with E-state index in [-0.39, 0.29) is 30.6 Å². The molecule has 1 aliphatic heterocycles. The third-order valence-corrected chi connectivity index (χ3v) is 6.66. The predicted molar refractivity (Wildman–Crippen MR) is 135 cm³/mol. The lowest BCUT2D eigenvalue weighted by molar-refractivity contribution is -0.138. The molecular weight excluding hydrogens is 462 g/mol. The average molecular weight is 496 g/mol. The summed E-state index contributed by atoms with van der Waals surface area (Å²) in [7, 11) is 0. The number of carbonyl (C=O) groups is 3. The lowest BCUT2D eigenvalue weighted by atomic mass is 9.85. The molecular formula is C27H33N3O6. The first kappa shape index (κ1) is 25.3. The van der Waals surface area contributed by atoms with E-state index >= 15 is 0 Å². The van der Waals surface area contributed by atoms with Crippen LogP contribution < -0.4 is 15.4 Å². The van der Waals surface area contributed by atoms with Crippen LogP contribution in [0, 0.1) is 5.92 Å². The Balaban J connectivity index is 1.27. The summed E-state index contributed by atoms with van der Waals surface area (Å²) in [5, 5.41) is 14.6. The molecule has 0 bridgehead atoms. The molecule has 192 valence electrons. The summed E-state index contributed by atoms with van der Waals surface area (Å²) >= 11 is 0. The van der Waals surface area contributed by atoms with Crippen molar-refractivity contribution in [2.45, 2.75) is 58.1 Å². The Bertz CT molecular complexity index is 1100. The first-order valence-electron chi connectivity index (χ1n) is 12.5. The number of carboxylic acid groups (broad SMARTS) is 1. The Morgan fingerprint density at radius 2 is 1.75 bits per heavy atom. The Labute approximate surface area is 210 Å². The van der Waals surface area contributed by atoms with Crippen LogP contribution in [0.5, 0.6) is 5.75 Å². The monoisotopic (exact) mass is 495 g/mol. The highest BCUT2D eigenvalue weighted by Gasteiger charge is 2.28. The number of carbonyl (C=O) groups excluding carboxylic acids is 2. The molecule has 4 rings (SSSR count). The predicted octanol–water partition coefficient (Wildman–Crippen LogP) is 5.26. The third-order valence-electron chi connectivity index (χ3n) is 6.66. The smallest absolute Gasteiger partial charge is 0.410 e. The van der Waals surface area contributed by atoms with Crippen molar-refractivity contribution >= 4 is 29.5 Å². The number of urea groups is 1. The number of ether oxygens (including phenoxy) is 2. The van der Waals surface area contributed by atoms with E-state index < -0.39 is 5.97 Å². The molecule has 1 saturated carbocycles. The number of anilines is 2. The number of carboxylic acids is 1. The van der Waals surface area contributed by atoms with Crippen LogP contribution in [0.25, 0.3) is 0 Å². The number of hydrogen-bond acceptors (Lipinski definition) is 5. The Kier molecular flexibility index (Phi) is 8.30. The molecule has 36 heavy (non-hydrogen) atoms. The van der Waals surface area contributed by atoms with Crippen LogP contribution >= 0.6 is 0 Å². The first-order valence-corrected chi connectivity index (χ1v) is 12.5. The van der Waals surface area contributed by atoms with Gasteiger partial charge in [0.15, 0.2) is 0 Å².